The van der Waals surface area contributed by atoms with Crippen molar-refractivity contribution in [3.63, 3.8) is 0 Å². The third-order valence-corrected chi connectivity index (χ3v) is 8.19. The van der Waals surface area contributed by atoms with Gasteiger partial charge < -0.3 is 19.2 Å². The van der Waals surface area contributed by atoms with Crippen LogP contribution in [0.3, 0.4) is 0 Å². The van der Waals surface area contributed by atoms with Crippen LogP contribution in [-0.2, 0) is 36.7 Å². The summed E-state index contributed by atoms with van der Waals surface area (Å²) in [6, 6.07) is 9.68. The highest BCUT2D eigenvalue weighted by molar-refractivity contribution is 6.04. The molecule has 9 nitrogen and oxygen atoms in total. The maximum absolute atomic E-state index is 13.5. The Labute approximate surface area is 222 Å². The standard InChI is InChI=1S/C29H36N6O3/c1-33-20-30-32-26(33)14-29(18-38-19-29)23-6-5-7-24(13-23)31-27(36)25-12-22(15-34-10-3-2-4-11-34)17-35(28(25)37)16-21-8-9-21/h5-7,12-13,17,20-21H,2-4,8-11,14-16,18-19H2,1H3,(H,31,36). The van der Waals surface area contributed by atoms with E-state index in [0.29, 0.717) is 37.8 Å². The Morgan fingerprint density at radius 2 is 1.97 bits per heavy atom. The molecule has 0 atom stereocenters. The molecule has 1 saturated carbocycles. The van der Waals surface area contributed by atoms with E-state index < -0.39 is 0 Å². The zero-order valence-corrected chi connectivity index (χ0v) is 22.1. The number of aromatic nitrogens is 4. The van der Waals surface area contributed by atoms with E-state index in [0.717, 1.165) is 49.4 Å². The summed E-state index contributed by atoms with van der Waals surface area (Å²) in [7, 11) is 1.94. The Bertz CT molecular complexity index is 1360. The molecule has 2 saturated heterocycles. The minimum absolute atomic E-state index is 0.209. The first-order chi connectivity index (χ1) is 18.5. The lowest BCUT2D eigenvalue weighted by atomic mass is 9.75. The van der Waals surface area contributed by atoms with Gasteiger partial charge >= 0.3 is 0 Å². The van der Waals surface area contributed by atoms with Crippen LogP contribution in [0.15, 0.2) is 47.7 Å². The van der Waals surface area contributed by atoms with Crippen LogP contribution in [0.4, 0.5) is 5.69 Å². The quantitative estimate of drug-likeness (QED) is 0.470. The summed E-state index contributed by atoms with van der Waals surface area (Å²) >= 11 is 0. The smallest absolute Gasteiger partial charge is 0.263 e. The average Bonchev–Trinajstić information content (AvgIpc) is 3.62. The second kappa shape index (κ2) is 10.5. The number of amides is 1. The Morgan fingerprint density at radius 3 is 2.66 bits per heavy atom. The molecule has 0 bridgehead atoms. The fraction of sp³-hybridized carbons (Fsp3) is 0.517. The van der Waals surface area contributed by atoms with E-state index in [-0.39, 0.29) is 22.4 Å². The van der Waals surface area contributed by atoms with Crippen molar-refractivity contribution in [3.8, 4) is 0 Å². The monoisotopic (exact) mass is 516 g/mol. The Kier molecular flexibility index (Phi) is 6.88. The van der Waals surface area contributed by atoms with Crippen molar-refractivity contribution in [3.05, 3.63) is 75.7 Å². The first-order valence-corrected chi connectivity index (χ1v) is 13.8. The third-order valence-electron chi connectivity index (χ3n) is 8.19. The molecule has 3 aromatic rings. The summed E-state index contributed by atoms with van der Waals surface area (Å²) in [6.45, 7) is 4.76. The summed E-state index contributed by atoms with van der Waals surface area (Å²) in [6.07, 6.45) is 10.4. The van der Waals surface area contributed by atoms with E-state index in [1.165, 1.54) is 19.3 Å². The molecule has 0 radical (unpaired) electrons. The van der Waals surface area contributed by atoms with Gasteiger partial charge in [0.1, 0.15) is 17.7 Å². The molecule has 200 valence electrons. The Hall–Kier alpha value is -3.30. The number of anilines is 1. The number of piperidine rings is 1. The minimum Gasteiger partial charge on any atom is -0.379 e. The summed E-state index contributed by atoms with van der Waals surface area (Å²) in [5.41, 5.74) is 2.57. The van der Waals surface area contributed by atoms with Gasteiger partial charge in [-0.2, -0.15) is 0 Å². The number of pyridine rings is 1. The first kappa shape index (κ1) is 25.0. The summed E-state index contributed by atoms with van der Waals surface area (Å²) < 4.78 is 9.31. The lowest BCUT2D eigenvalue weighted by Crippen LogP contribution is -2.49. The zero-order chi connectivity index (χ0) is 26.1. The molecule has 1 N–H and O–H groups in total. The Morgan fingerprint density at radius 1 is 1.16 bits per heavy atom. The van der Waals surface area contributed by atoms with Crippen molar-refractivity contribution in [2.24, 2.45) is 13.0 Å². The maximum atomic E-state index is 13.5. The molecule has 4 heterocycles. The summed E-state index contributed by atoms with van der Waals surface area (Å²) in [4.78, 5) is 29.3. The number of carbonyl (C=O) groups excluding carboxylic acids is 1. The maximum Gasteiger partial charge on any atom is 0.263 e. The highest BCUT2D eigenvalue weighted by atomic mass is 16.5. The molecule has 9 heteroatoms. The number of ether oxygens (including phenoxy) is 1. The molecule has 2 aromatic heterocycles. The molecule has 3 aliphatic rings. The molecular weight excluding hydrogens is 480 g/mol. The average molecular weight is 517 g/mol. The number of nitrogens with zero attached hydrogens (tertiary/aromatic N) is 5. The van der Waals surface area contributed by atoms with Crippen LogP contribution < -0.4 is 10.9 Å². The van der Waals surface area contributed by atoms with Gasteiger partial charge in [0.15, 0.2) is 0 Å². The second-order valence-electron chi connectivity index (χ2n) is 11.3. The van der Waals surface area contributed by atoms with Crippen LogP contribution in [-0.4, -0.2) is 56.4 Å². The topological polar surface area (TPSA) is 94.3 Å². The molecular formula is C29H36N6O3. The van der Waals surface area contributed by atoms with E-state index in [2.05, 4.69) is 26.5 Å². The van der Waals surface area contributed by atoms with Crippen molar-refractivity contribution < 1.29 is 9.53 Å². The van der Waals surface area contributed by atoms with Crippen molar-refractivity contribution in [2.45, 2.75) is 57.0 Å². The van der Waals surface area contributed by atoms with E-state index in [4.69, 9.17) is 4.74 Å². The van der Waals surface area contributed by atoms with E-state index in [1.807, 2.05) is 36.0 Å². The number of carbonyl (C=O) groups is 1. The van der Waals surface area contributed by atoms with Gasteiger partial charge in [0, 0.05) is 43.9 Å². The number of hydrogen-bond acceptors (Lipinski definition) is 6. The molecule has 2 aliphatic heterocycles. The van der Waals surface area contributed by atoms with Gasteiger partial charge in [-0.05, 0) is 74.0 Å². The molecule has 3 fully saturated rings. The Balaban J connectivity index is 1.24. The molecule has 1 aromatic carbocycles. The first-order valence-electron chi connectivity index (χ1n) is 13.8. The number of likely N-dealkylation sites (tertiary alicyclic amines) is 1. The van der Waals surface area contributed by atoms with Crippen molar-refractivity contribution in [1.29, 1.82) is 0 Å². The zero-order valence-electron chi connectivity index (χ0n) is 22.1. The molecule has 0 spiro atoms. The third kappa shape index (κ3) is 5.31. The number of benzene rings is 1. The summed E-state index contributed by atoms with van der Waals surface area (Å²) in [5.74, 6) is 1.08. The number of rotatable bonds is 9. The number of aryl methyl sites for hydroxylation is 1. The van der Waals surface area contributed by atoms with E-state index in [1.54, 1.807) is 17.0 Å². The SMILES string of the molecule is Cn1cnnc1CC1(c2cccc(NC(=O)c3cc(CN4CCCCC4)cn(CC4CC4)c3=O)c2)COC1. The van der Waals surface area contributed by atoms with Crippen molar-refractivity contribution >= 4 is 11.6 Å². The van der Waals surface area contributed by atoms with Crippen LogP contribution in [0.5, 0.6) is 0 Å². The van der Waals surface area contributed by atoms with Gasteiger partial charge in [-0.15, -0.1) is 10.2 Å². The predicted octanol–water partition coefficient (Wildman–Crippen LogP) is 3.14. The van der Waals surface area contributed by atoms with Crippen LogP contribution in [0.2, 0.25) is 0 Å². The van der Waals surface area contributed by atoms with Crippen LogP contribution in [0, 0.1) is 5.92 Å². The normalized spacial score (nSPS) is 19.2. The van der Waals surface area contributed by atoms with Gasteiger partial charge in [-0.3, -0.25) is 14.5 Å². The fourth-order valence-electron chi connectivity index (χ4n) is 5.65. The molecule has 1 aliphatic carbocycles. The molecule has 38 heavy (non-hydrogen) atoms. The van der Waals surface area contributed by atoms with E-state index >= 15 is 0 Å². The second-order valence-corrected chi connectivity index (χ2v) is 11.3. The van der Waals surface area contributed by atoms with Crippen molar-refractivity contribution in [1.82, 2.24) is 24.2 Å². The molecule has 0 unspecified atom stereocenters. The van der Waals surface area contributed by atoms with E-state index in [9.17, 15) is 9.59 Å². The lowest BCUT2D eigenvalue weighted by molar-refractivity contribution is -0.0610. The van der Waals surface area contributed by atoms with Crippen LogP contribution in [0.1, 0.15) is 59.4 Å². The largest absolute Gasteiger partial charge is 0.379 e. The molecule has 6 rings (SSSR count). The highest BCUT2D eigenvalue weighted by Crippen LogP contribution is 2.36. The lowest BCUT2D eigenvalue weighted by Gasteiger charge is -2.41. The number of nitrogens with one attached hydrogen (secondary N) is 1. The van der Waals surface area contributed by atoms with Gasteiger partial charge in [-0.25, -0.2) is 0 Å². The fourth-order valence-corrected chi connectivity index (χ4v) is 5.65. The predicted molar refractivity (Wildman–Crippen MR) is 144 cm³/mol. The minimum atomic E-state index is -0.357. The number of hydrogen-bond donors (Lipinski definition) is 1. The molecule has 1 amide bonds. The highest BCUT2D eigenvalue weighted by Gasteiger charge is 2.41. The van der Waals surface area contributed by atoms with Gasteiger partial charge in [0.25, 0.3) is 11.5 Å². The van der Waals surface area contributed by atoms with Crippen molar-refractivity contribution in [2.75, 3.05) is 31.6 Å². The van der Waals surface area contributed by atoms with Gasteiger partial charge in [0.2, 0.25) is 0 Å². The van der Waals surface area contributed by atoms with Crippen LogP contribution >= 0.6 is 0 Å². The van der Waals surface area contributed by atoms with Gasteiger partial charge in [-0.1, -0.05) is 18.6 Å². The summed E-state index contributed by atoms with van der Waals surface area (Å²) in [5, 5.41) is 11.3. The van der Waals surface area contributed by atoms with Crippen LogP contribution in [0.25, 0.3) is 0 Å². The van der Waals surface area contributed by atoms with Gasteiger partial charge in [0.05, 0.1) is 13.2 Å².